The number of hydrogen-bond acceptors (Lipinski definition) is 3. The Morgan fingerprint density at radius 1 is 1.22 bits per heavy atom. The van der Waals surface area contributed by atoms with Crippen LogP contribution in [0.1, 0.15) is 22.3 Å². The molecule has 92 valence electrons. The van der Waals surface area contributed by atoms with E-state index >= 15 is 0 Å². The van der Waals surface area contributed by atoms with Gasteiger partial charge in [-0.2, -0.15) is 0 Å². The Hall–Kier alpha value is -2.43. The molecule has 0 saturated heterocycles. The van der Waals surface area contributed by atoms with Crippen molar-refractivity contribution in [3.8, 4) is 0 Å². The second kappa shape index (κ2) is 4.83. The van der Waals surface area contributed by atoms with Crippen LogP contribution in [0.2, 0.25) is 0 Å². The Morgan fingerprint density at radius 3 is 2.72 bits per heavy atom. The molecule has 0 unspecified atom stereocenters. The fraction of sp³-hybridized carbons (Fsp3) is 0.154. The van der Waals surface area contributed by atoms with Gasteiger partial charge in [0.2, 0.25) is 5.91 Å². The molecule has 1 amide bonds. The molecule has 1 aliphatic heterocycles. The van der Waals surface area contributed by atoms with Gasteiger partial charge in [-0.25, -0.2) is 4.79 Å². The molecule has 0 fully saturated rings. The summed E-state index contributed by atoms with van der Waals surface area (Å²) < 4.78 is 0. The number of ketones is 1. The first-order valence-electron chi connectivity index (χ1n) is 5.44. The maximum absolute atomic E-state index is 11.7. The summed E-state index contributed by atoms with van der Waals surface area (Å²) in [7, 11) is 0. The quantitative estimate of drug-likeness (QED) is 0.622. The molecular formula is C13H11NO4. The molecule has 0 atom stereocenters. The monoisotopic (exact) mass is 245 g/mol. The number of carbonyl (C=O) groups is 3. The van der Waals surface area contributed by atoms with Crippen LogP contribution in [0.4, 0.5) is 5.69 Å². The standard InChI is InChI=1S/C13H11NO4/c15-11(4-6-13(17)18)9-1-3-10-8(7-9)2-5-12(16)14-10/h1,3-4,6-7H,2,5H2,(H,14,16)(H,17,18)/b6-4+. The average molecular weight is 245 g/mol. The molecule has 5 heteroatoms. The van der Waals surface area contributed by atoms with Crippen molar-refractivity contribution in [1.29, 1.82) is 0 Å². The van der Waals surface area contributed by atoms with Gasteiger partial charge < -0.3 is 10.4 Å². The van der Waals surface area contributed by atoms with Crippen LogP contribution in [0.3, 0.4) is 0 Å². The first-order valence-corrected chi connectivity index (χ1v) is 5.44. The summed E-state index contributed by atoms with van der Waals surface area (Å²) in [6.07, 6.45) is 2.82. The van der Waals surface area contributed by atoms with E-state index < -0.39 is 5.97 Å². The van der Waals surface area contributed by atoms with Crippen LogP contribution in [0.25, 0.3) is 0 Å². The Kier molecular flexibility index (Phi) is 3.23. The molecule has 1 heterocycles. The third-order valence-corrected chi connectivity index (χ3v) is 2.66. The van der Waals surface area contributed by atoms with E-state index in [-0.39, 0.29) is 11.7 Å². The van der Waals surface area contributed by atoms with Crippen molar-refractivity contribution in [2.24, 2.45) is 0 Å². The fourth-order valence-corrected chi connectivity index (χ4v) is 1.78. The largest absolute Gasteiger partial charge is 0.478 e. The summed E-state index contributed by atoms with van der Waals surface area (Å²) in [5.74, 6) is -1.56. The zero-order valence-corrected chi connectivity index (χ0v) is 9.47. The topological polar surface area (TPSA) is 83.5 Å². The zero-order chi connectivity index (χ0) is 13.1. The highest BCUT2D eigenvalue weighted by Crippen LogP contribution is 2.23. The molecular weight excluding hydrogens is 234 g/mol. The Balaban J connectivity index is 2.24. The van der Waals surface area contributed by atoms with Crippen LogP contribution in [0.15, 0.2) is 30.4 Å². The lowest BCUT2D eigenvalue weighted by atomic mass is 9.99. The van der Waals surface area contributed by atoms with Gasteiger partial charge in [0.25, 0.3) is 0 Å². The summed E-state index contributed by atoms with van der Waals surface area (Å²) >= 11 is 0. The number of aryl methyl sites for hydroxylation is 1. The first-order chi connectivity index (χ1) is 8.56. The number of amides is 1. The second-order valence-electron chi connectivity index (χ2n) is 3.96. The second-order valence-corrected chi connectivity index (χ2v) is 3.96. The minimum Gasteiger partial charge on any atom is -0.478 e. The van der Waals surface area contributed by atoms with Crippen LogP contribution in [0, 0.1) is 0 Å². The molecule has 2 N–H and O–H groups in total. The van der Waals surface area contributed by atoms with Crippen molar-refractivity contribution in [2.75, 3.05) is 5.32 Å². The molecule has 1 aliphatic rings. The number of carboxylic acid groups (broad SMARTS) is 1. The van der Waals surface area contributed by atoms with Crippen LogP contribution in [-0.2, 0) is 16.0 Å². The smallest absolute Gasteiger partial charge is 0.328 e. The Morgan fingerprint density at radius 2 is 2.00 bits per heavy atom. The number of carboxylic acids is 1. The van der Waals surface area contributed by atoms with Gasteiger partial charge in [0.05, 0.1) is 0 Å². The minimum atomic E-state index is -1.16. The Labute approximate surface area is 103 Å². The van der Waals surface area contributed by atoms with Crippen molar-refractivity contribution in [3.05, 3.63) is 41.5 Å². The fourth-order valence-electron chi connectivity index (χ4n) is 1.78. The van der Waals surface area contributed by atoms with Crippen LogP contribution >= 0.6 is 0 Å². The van der Waals surface area contributed by atoms with Gasteiger partial charge in [-0.3, -0.25) is 9.59 Å². The molecule has 18 heavy (non-hydrogen) atoms. The van der Waals surface area contributed by atoms with E-state index in [1.807, 2.05) is 0 Å². The number of fused-ring (bicyclic) bond motifs is 1. The number of nitrogens with one attached hydrogen (secondary N) is 1. The summed E-state index contributed by atoms with van der Waals surface area (Å²) in [6.45, 7) is 0. The summed E-state index contributed by atoms with van der Waals surface area (Å²) in [6, 6.07) is 4.91. The van der Waals surface area contributed by atoms with E-state index in [1.165, 1.54) is 0 Å². The van der Waals surface area contributed by atoms with Crippen molar-refractivity contribution in [3.63, 3.8) is 0 Å². The lowest BCUT2D eigenvalue weighted by Gasteiger charge is -2.16. The number of anilines is 1. The summed E-state index contributed by atoms with van der Waals surface area (Å²) in [5, 5.41) is 11.2. The van der Waals surface area contributed by atoms with Crippen LogP contribution < -0.4 is 5.32 Å². The third-order valence-electron chi connectivity index (χ3n) is 2.66. The molecule has 5 nitrogen and oxygen atoms in total. The molecule has 0 aliphatic carbocycles. The summed E-state index contributed by atoms with van der Waals surface area (Å²) in [5.41, 5.74) is 2.02. The van der Waals surface area contributed by atoms with E-state index in [2.05, 4.69) is 5.32 Å². The van der Waals surface area contributed by atoms with Crippen LogP contribution in [-0.4, -0.2) is 22.8 Å². The number of rotatable bonds is 3. The molecule has 0 radical (unpaired) electrons. The number of allylic oxidation sites excluding steroid dienone is 1. The predicted molar refractivity (Wildman–Crippen MR) is 64.5 cm³/mol. The van der Waals surface area contributed by atoms with E-state index in [1.54, 1.807) is 18.2 Å². The maximum Gasteiger partial charge on any atom is 0.328 e. The van der Waals surface area contributed by atoms with Gasteiger partial charge in [-0.1, -0.05) is 0 Å². The highest BCUT2D eigenvalue weighted by Gasteiger charge is 2.15. The number of hydrogen-bond donors (Lipinski definition) is 2. The molecule has 0 saturated carbocycles. The van der Waals surface area contributed by atoms with Crippen molar-refractivity contribution >= 4 is 23.3 Å². The van der Waals surface area contributed by atoms with Gasteiger partial charge >= 0.3 is 5.97 Å². The molecule has 1 aromatic carbocycles. The van der Waals surface area contributed by atoms with Crippen molar-refractivity contribution < 1.29 is 19.5 Å². The molecule has 0 spiro atoms. The van der Waals surface area contributed by atoms with Gasteiger partial charge in [0.15, 0.2) is 5.78 Å². The zero-order valence-electron chi connectivity index (χ0n) is 9.47. The van der Waals surface area contributed by atoms with E-state index in [0.29, 0.717) is 24.1 Å². The normalized spacial score (nSPS) is 14.1. The van der Waals surface area contributed by atoms with Crippen molar-refractivity contribution in [2.45, 2.75) is 12.8 Å². The van der Waals surface area contributed by atoms with Gasteiger partial charge in [-0.15, -0.1) is 0 Å². The third kappa shape index (κ3) is 2.63. The van der Waals surface area contributed by atoms with Gasteiger partial charge in [0.1, 0.15) is 0 Å². The van der Waals surface area contributed by atoms with E-state index in [4.69, 9.17) is 5.11 Å². The Bertz CT molecular complexity index is 560. The summed E-state index contributed by atoms with van der Waals surface area (Å²) in [4.78, 5) is 33.1. The molecule has 0 aromatic heterocycles. The van der Waals surface area contributed by atoms with Gasteiger partial charge in [0, 0.05) is 23.7 Å². The van der Waals surface area contributed by atoms with E-state index in [0.717, 1.165) is 17.7 Å². The highest BCUT2D eigenvalue weighted by atomic mass is 16.4. The van der Waals surface area contributed by atoms with Crippen LogP contribution in [0.5, 0.6) is 0 Å². The lowest BCUT2D eigenvalue weighted by Crippen LogP contribution is -2.19. The number of carbonyl (C=O) groups excluding carboxylic acids is 2. The highest BCUT2D eigenvalue weighted by molar-refractivity contribution is 6.07. The first kappa shape index (κ1) is 12.0. The average Bonchev–Trinajstić information content (AvgIpc) is 2.35. The number of benzene rings is 1. The number of aliphatic carboxylic acids is 1. The molecule has 1 aromatic rings. The molecule has 2 rings (SSSR count). The lowest BCUT2D eigenvalue weighted by molar-refractivity contribution is -0.131. The minimum absolute atomic E-state index is 0.0349. The predicted octanol–water partition coefficient (Wildman–Crippen LogP) is 1.39. The van der Waals surface area contributed by atoms with E-state index in [9.17, 15) is 14.4 Å². The maximum atomic E-state index is 11.7. The SMILES string of the molecule is O=C(O)/C=C/C(=O)c1ccc2c(c1)CCC(=O)N2. The van der Waals surface area contributed by atoms with Gasteiger partial charge in [-0.05, 0) is 36.3 Å². The van der Waals surface area contributed by atoms with Crippen molar-refractivity contribution in [1.82, 2.24) is 0 Å². The molecule has 0 bridgehead atoms.